The predicted molar refractivity (Wildman–Crippen MR) is 73.2 cm³/mol. The molecule has 3 nitrogen and oxygen atoms in total. The molecule has 0 saturated carbocycles. The first-order valence-corrected chi connectivity index (χ1v) is 6.83. The summed E-state index contributed by atoms with van der Waals surface area (Å²) < 4.78 is 13.8. The van der Waals surface area contributed by atoms with Crippen LogP contribution in [0.2, 0.25) is 0 Å². The number of hydrogen-bond acceptors (Lipinski definition) is 2. The van der Waals surface area contributed by atoms with E-state index in [1.807, 2.05) is 6.92 Å². The zero-order valence-corrected chi connectivity index (χ0v) is 11.5. The molecule has 1 N–H and O–H groups in total. The third-order valence-electron chi connectivity index (χ3n) is 3.97. The zero-order chi connectivity index (χ0) is 13.8. The van der Waals surface area contributed by atoms with E-state index in [1.165, 1.54) is 6.07 Å². The predicted octanol–water partition coefficient (Wildman–Crippen LogP) is 2.34. The number of rotatable bonds is 3. The Bertz CT molecular complexity index is 444. The molecule has 4 heteroatoms. The van der Waals surface area contributed by atoms with Crippen molar-refractivity contribution in [2.75, 3.05) is 20.1 Å². The highest BCUT2D eigenvalue weighted by Gasteiger charge is 2.27. The molecule has 1 aromatic rings. The Labute approximate surface area is 113 Å². The van der Waals surface area contributed by atoms with Gasteiger partial charge >= 0.3 is 0 Å². The summed E-state index contributed by atoms with van der Waals surface area (Å²) >= 11 is 0. The maximum Gasteiger partial charge on any atom is 0.226 e. The summed E-state index contributed by atoms with van der Waals surface area (Å²) in [4.78, 5) is 14.1. The molecular formula is C15H21FN2O. The molecule has 1 atom stereocenters. The van der Waals surface area contributed by atoms with Gasteiger partial charge in [0, 0.05) is 18.5 Å². The first-order chi connectivity index (χ1) is 9.11. The highest BCUT2D eigenvalue weighted by molar-refractivity contribution is 5.79. The summed E-state index contributed by atoms with van der Waals surface area (Å²) in [5, 5.41) is 3.25. The van der Waals surface area contributed by atoms with Crippen molar-refractivity contribution >= 4 is 5.91 Å². The molecule has 1 aliphatic heterocycles. The van der Waals surface area contributed by atoms with Gasteiger partial charge in [-0.25, -0.2) is 4.39 Å². The minimum Gasteiger partial charge on any atom is -0.339 e. The quantitative estimate of drug-likeness (QED) is 0.909. The van der Waals surface area contributed by atoms with E-state index in [0.29, 0.717) is 5.56 Å². The largest absolute Gasteiger partial charge is 0.339 e. The van der Waals surface area contributed by atoms with E-state index in [-0.39, 0.29) is 23.7 Å². The lowest BCUT2D eigenvalue weighted by Crippen LogP contribution is -2.40. The van der Waals surface area contributed by atoms with Crippen molar-refractivity contribution in [1.29, 1.82) is 0 Å². The topological polar surface area (TPSA) is 32.3 Å². The maximum atomic E-state index is 13.8. The average Bonchev–Trinajstić information content (AvgIpc) is 2.46. The number of piperidine rings is 1. The Morgan fingerprint density at radius 1 is 1.37 bits per heavy atom. The third kappa shape index (κ3) is 3.13. The van der Waals surface area contributed by atoms with Gasteiger partial charge in [-0.3, -0.25) is 4.79 Å². The van der Waals surface area contributed by atoms with Gasteiger partial charge in [-0.15, -0.1) is 0 Å². The number of amides is 1. The Morgan fingerprint density at radius 3 is 2.63 bits per heavy atom. The molecule has 1 amide bonds. The van der Waals surface area contributed by atoms with Crippen molar-refractivity contribution in [3.63, 3.8) is 0 Å². The number of nitrogens with zero attached hydrogens (tertiary/aromatic N) is 1. The second-order valence-corrected chi connectivity index (χ2v) is 5.17. The van der Waals surface area contributed by atoms with Crippen LogP contribution in [0, 0.1) is 11.7 Å². The Morgan fingerprint density at radius 2 is 2.00 bits per heavy atom. The van der Waals surface area contributed by atoms with Gasteiger partial charge in [0.05, 0.1) is 6.04 Å². The van der Waals surface area contributed by atoms with Crippen LogP contribution in [-0.2, 0) is 4.79 Å². The van der Waals surface area contributed by atoms with Crippen molar-refractivity contribution in [1.82, 2.24) is 10.2 Å². The Balaban J connectivity index is 2.08. The van der Waals surface area contributed by atoms with Gasteiger partial charge in [0.25, 0.3) is 0 Å². The SMILES string of the molecule is C[C@@H](c1ccccc1F)N(C)C(=O)C1CCNCC1. The molecule has 0 radical (unpaired) electrons. The number of nitrogens with one attached hydrogen (secondary N) is 1. The highest BCUT2D eigenvalue weighted by Crippen LogP contribution is 2.25. The maximum absolute atomic E-state index is 13.8. The summed E-state index contributed by atoms with van der Waals surface area (Å²) in [6.45, 7) is 3.65. The molecule has 0 aromatic heterocycles. The smallest absolute Gasteiger partial charge is 0.226 e. The van der Waals surface area contributed by atoms with Crippen LogP contribution in [0.15, 0.2) is 24.3 Å². The molecule has 1 saturated heterocycles. The first-order valence-electron chi connectivity index (χ1n) is 6.83. The number of carbonyl (C=O) groups excluding carboxylic acids is 1. The molecule has 19 heavy (non-hydrogen) atoms. The molecule has 1 fully saturated rings. The number of hydrogen-bond donors (Lipinski definition) is 1. The van der Waals surface area contributed by atoms with Crippen LogP contribution in [0.5, 0.6) is 0 Å². The molecular weight excluding hydrogens is 243 g/mol. The monoisotopic (exact) mass is 264 g/mol. The van der Waals surface area contributed by atoms with Crippen molar-refractivity contribution in [2.24, 2.45) is 5.92 Å². The van der Waals surface area contributed by atoms with Crippen LogP contribution in [0.3, 0.4) is 0 Å². The number of benzene rings is 1. The minimum atomic E-state index is -0.250. The van der Waals surface area contributed by atoms with Gasteiger partial charge < -0.3 is 10.2 Å². The third-order valence-corrected chi connectivity index (χ3v) is 3.97. The number of halogens is 1. The van der Waals surface area contributed by atoms with Gasteiger partial charge in [0.15, 0.2) is 0 Å². The van der Waals surface area contributed by atoms with Crippen molar-refractivity contribution in [3.8, 4) is 0 Å². The van der Waals surface area contributed by atoms with E-state index in [0.717, 1.165) is 25.9 Å². The lowest BCUT2D eigenvalue weighted by molar-refractivity contribution is -0.137. The van der Waals surface area contributed by atoms with Crippen LogP contribution in [0.1, 0.15) is 31.4 Å². The summed E-state index contributed by atoms with van der Waals surface area (Å²) in [6.07, 6.45) is 1.74. The summed E-state index contributed by atoms with van der Waals surface area (Å²) in [7, 11) is 1.77. The van der Waals surface area contributed by atoms with Crippen LogP contribution < -0.4 is 5.32 Å². The molecule has 104 valence electrons. The van der Waals surface area contributed by atoms with Crippen molar-refractivity contribution in [3.05, 3.63) is 35.6 Å². The van der Waals surface area contributed by atoms with Gasteiger partial charge in [0.2, 0.25) is 5.91 Å². The lowest BCUT2D eigenvalue weighted by Gasteiger charge is -2.31. The molecule has 0 aliphatic carbocycles. The minimum absolute atomic E-state index is 0.0699. The standard InChI is InChI=1S/C15H21FN2O/c1-11(13-5-3-4-6-14(13)16)18(2)15(19)12-7-9-17-10-8-12/h3-6,11-12,17H,7-10H2,1-2H3/t11-/m0/s1. The van der Waals surface area contributed by atoms with Crippen molar-refractivity contribution < 1.29 is 9.18 Å². The molecule has 2 rings (SSSR count). The van der Waals surface area contributed by atoms with E-state index in [4.69, 9.17) is 0 Å². The first kappa shape index (κ1) is 14.0. The van der Waals surface area contributed by atoms with E-state index in [2.05, 4.69) is 5.32 Å². The Kier molecular flexibility index (Phi) is 4.53. The lowest BCUT2D eigenvalue weighted by atomic mass is 9.95. The van der Waals surface area contributed by atoms with E-state index < -0.39 is 0 Å². The Hall–Kier alpha value is -1.42. The van der Waals surface area contributed by atoms with Gasteiger partial charge in [-0.2, -0.15) is 0 Å². The van der Waals surface area contributed by atoms with E-state index in [1.54, 1.807) is 30.1 Å². The van der Waals surface area contributed by atoms with Crippen LogP contribution in [0.25, 0.3) is 0 Å². The normalized spacial score (nSPS) is 18.1. The fraction of sp³-hybridized carbons (Fsp3) is 0.533. The summed E-state index contributed by atoms with van der Waals surface area (Å²) in [6, 6.07) is 6.42. The van der Waals surface area contributed by atoms with E-state index >= 15 is 0 Å². The summed E-state index contributed by atoms with van der Waals surface area (Å²) in [5.74, 6) is -0.0577. The van der Waals surface area contributed by atoms with E-state index in [9.17, 15) is 9.18 Å². The molecule has 0 unspecified atom stereocenters. The van der Waals surface area contributed by atoms with Crippen molar-refractivity contribution in [2.45, 2.75) is 25.8 Å². The molecule has 0 spiro atoms. The second kappa shape index (κ2) is 6.15. The molecule has 1 aromatic carbocycles. The average molecular weight is 264 g/mol. The highest BCUT2D eigenvalue weighted by atomic mass is 19.1. The second-order valence-electron chi connectivity index (χ2n) is 5.17. The molecule has 0 bridgehead atoms. The van der Waals surface area contributed by atoms with Crippen LogP contribution in [-0.4, -0.2) is 30.9 Å². The fourth-order valence-corrected chi connectivity index (χ4v) is 2.57. The van der Waals surface area contributed by atoms with Gasteiger partial charge in [-0.05, 0) is 38.9 Å². The molecule has 1 heterocycles. The fourth-order valence-electron chi connectivity index (χ4n) is 2.57. The summed E-state index contributed by atoms with van der Waals surface area (Å²) in [5.41, 5.74) is 0.576. The number of carbonyl (C=O) groups is 1. The zero-order valence-electron chi connectivity index (χ0n) is 11.5. The molecule has 1 aliphatic rings. The van der Waals surface area contributed by atoms with Crippen LogP contribution >= 0.6 is 0 Å². The van der Waals surface area contributed by atoms with Gasteiger partial charge in [-0.1, -0.05) is 18.2 Å². The van der Waals surface area contributed by atoms with Gasteiger partial charge in [0.1, 0.15) is 5.82 Å². The van der Waals surface area contributed by atoms with Crippen LogP contribution in [0.4, 0.5) is 4.39 Å².